The molecule has 0 saturated heterocycles. The Morgan fingerprint density at radius 1 is 1.60 bits per heavy atom. The Morgan fingerprint density at radius 3 is 2.90 bits per heavy atom. The molecule has 2 amide bonds. The van der Waals surface area contributed by atoms with E-state index in [9.17, 15) is 4.79 Å². The highest BCUT2D eigenvalue weighted by Crippen LogP contribution is 2.28. The molecule has 20 heavy (non-hydrogen) atoms. The zero-order valence-corrected chi connectivity index (χ0v) is 13.8. The third-order valence-electron chi connectivity index (χ3n) is 3.87. The predicted octanol–water partition coefficient (Wildman–Crippen LogP) is 3.10. The van der Waals surface area contributed by atoms with Crippen molar-refractivity contribution in [3.63, 3.8) is 0 Å². The number of hydrogen-bond acceptors (Lipinski definition) is 2. The van der Waals surface area contributed by atoms with Crippen molar-refractivity contribution >= 4 is 29.4 Å². The smallest absolute Gasteiger partial charge is 0.317 e. The maximum Gasteiger partial charge on any atom is 0.317 e. The molecule has 112 valence electrons. The molecule has 1 aliphatic rings. The number of carbonyl (C=O) groups is 1. The third kappa shape index (κ3) is 3.85. The van der Waals surface area contributed by atoms with Gasteiger partial charge in [0.05, 0.1) is 11.6 Å². The van der Waals surface area contributed by atoms with Crippen LogP contribution in [0.15, 0.2) is 12.3 Å². The third-order valence-corrected chi connectivity index (χ3v) is 5.17. The van der Waals surface area contributed by atoms with Crippen molar-refractivity contribution in [3.05, 3.63) is 23.0 Å². The van der Waals surface area contributed by atoms with Gasteiger partial charge in [-0.3, -0.25) is 0 Å². The quantitative estimate of drug-likeness (QED) is 0.927. The van der Waals surface area contributed by atoms with Crippen LogP contribution < -0.4 is 5.32 Å². The summed E-state index contributed by atoms with van der Waals surface area (Å²) in [5.74, 6) is 0. The predicted molar refractivity (Wildman–Crippen MR) is 85.4 cm³/mol. The number of aromatic nitrogens is 1. The summed E-state index contributed by atoms with van der Waals surface area (Å²) in [5, 5.41) is 4.52. The normalized spacial score (nSPS) is 22.0. The number of thioether (sulfide) groups is 1. The van der Waals surface area contributed by atoms with Crippen LogP contribution in [0.25, 0.3) is 0 Å². The van der Waals surface area contributed by atoms with Gasteiger partial charge in [-0.05, 0) is 31.6 Å². The molecule has 1 aromatic rings. The molecule has 1 N–H and O–H groups in total. The molecule has 0 aliphatic heterocycles. The van der Waals surface area contributed by atoms with Gasteiger partial charge in [0.25, 0.3) is 0 Å². The topological polar surface area (TPSA) is 37.3 Å². The van der Waals surface area contributed by atoms with Crippen molar-refractivity contribution in [2.75, 3.05) is 13.3 Å². The van der Waals surface area contributed by atoms with Crippen molar-refractivity contribution in [1.29, 1.82) is 0 Å². The highest BCUT2D eigenvalue weighted by Gasteiger charge is 2.26. The highest BCUT2D eigenvalue weighted by molar-refractivity contribution is 7.99. The first-order chi connectivity index (χ1) is 9.49. The van der Waals surface area contributed by atoms with E-state index < -0.39 is 0 Å². The first-order valence-electron chi connectivity index (χ1n) is 6.84. The lowest BCUT2D eigenvalue weighted by atomic mass is 10.2. The first-order valence-corrected chi connectivity index (χ1v) is 8.51. The molecular formula is C14H22ClN3OS. The molecule has 6 heteroatoms. The SMILES string of the molecule is CS[C@@H]1CC[C@@H](NC(=O)N(C)Cc2cc(Cl)cn2C)C1. The van der Waals surface area contributed by atoms with Gasteiger partial charge in [0.15, 0.2) is 0 Å². The Labute approximate surface area is 129 Å². The van der Waals surface area contributed by atoms with Gasteiger partial charge in [0, 0.05) is 37.3 Å². The lowest BCUT2D eigenvalue weighted by molar-refractivity contribution is 0.202. The number of aryl methyl sites for hydroxylation is 1. The number of nitrogens with zero attached hydrogens (tertiary/aromatic N) is 2. The van der Waals surface area contributed by atoms with Crippen LogP contribution in [0.3, 0.4) is 0 Å². The summed E-state index contributed by atoms with van der Waals surface area (Å²) >= 11 is 7.85. The minimum Gasteiger partial charge on any atom is -0.351 e. The molecule has 4 nitrogen and oxygen atoms in total. The Hall–Kier alpha value is -0.810. The van der Waals surface area contributed by atoms with Crippen LogP contribution in [0.5, 0.6) is 0 Å². The number of hydrogen-bond donors (Lipinski definition) is 1. The zero-order chi connectivity index (χ0) is 14.7. The van der Waals surface area contributed by atoms with E-state index in [-0.39, 0.29) is 6.03 Å². The van der Waals surface area contributed by atoms with Gasteiger partial charge in [0.2, 0.25) is 0 Å². The van der Waals surface area contributed by atoms with Gasteiger partial charge >= 0.3 is 6.03 Å². The minimum absolute atomic E-state index is 0.00549. The Morgan fingerprint density at radius 2 is 2.35 bits per heavy atom. The van der Waals surface area contributed by atoms with Crippen molar-refractivity contribution in [1.82, 2.24) is 14.8 Å². The van der Waals surface area contributed by atoms with E-state index in [2.05, 4.69) is 11.6 Å². The van der Waals surface area contributed by atoms with E-state index in [0.717, 1.165) is 18.5 Å². The van der Waals surface area contributed by atoms with Gasteiger partial charge in [-0.15, -0.1) is 0 Å². The van der Waals surface area contributed by atoms with Gasteiger partial charge in [-0.1, -0.05) is 11.6 Å². The lowest BCUT2D eigenvalue weighted by Crippen LogP contribution is -2.42. The summed E-state index contributed by atoms with van der Waals surface area (Å²) in [5.41, 5.74) is 1.03. The highest BCUT2D eigenvalue weighted by atomic mass is 35.5. The van der Waals surface area contributed by atoms with E-state index >= 15 is 0 Å². The number of amides is 2. The summed E-state index contributed by atoms with van der Waals surface area (Å²) in [6.07, 6.45) is 7.35. The molecule has 1 saturated carbocycles. The van der Waals surface area contributed by atoms with Crippen LogP contribution in [-0.4, -0.2) is 40.1 Å². The average molecular weight is 316 g/mol. The second-order valence-electron chi connectivity index (χ2n) is 5.43. The molecule has 2 atom stereocenters. The molecule has 1 heterocycles. The van der Waals surface area contributed by atoms with E-state index in [1.165, 1.54) is 6.42 Å². The Balaban J connectivity index is 1.85. The maximum atomic E-state index is 12.2. The van der Waals surface area contributed by atoms with E-state index in [1.807, 2.05) is 42.7 Å². The van der Waals surface area contributed by atoms with Crippen LogP contribution in [0.1, 0.15) is 25.0 Å². The molecule has 1 fully saturated rings. The first kappa shape index (κ1) is 15.6. The van der Waals surface area contributed by atoms with Crippen molar-refractivity contribution in [2.45, 2.75) is 37.1 Å². The van der Waals surface area contributed by atoms with Crippen molar-refractivity contribution in [2.24, 2.45) is 7.05 Å². The van der Waals surface area contributed by atoms with Crippen LogP contribution in [0.2, 0.25) is 5.02 Å². The molecule has 0 unspecified atom stereocenters. The van der Waals surface area contributed by atoms with E-state index in [1.54, 1.807) is 4.90 Å². The Bertz CT molecular complexity index is 477. The van der Waals surface area contributed by atoms with Crippen molar-refractivity contribution in [3.8, 4) is 0 Å². The van der Waals surface area contributed by atoms with Crippen LogP contribution in [0.4, 0.5) is 4.79 Å². The van der Waals surface area contributed by atoms with Gasteiger partial charge in [-0.2, -0.15) is 11.8 Å². The van der Waals surface area contributed by atoms with Gasteiger partial charge in [-0.25, -0.2) is 4.79 Å². The summed E-state index contributed by atoms with van der Waals surface area (Å²) in [6.45, 7) is 0.563. The van der Waals surface area contributed by atoms with Crippen molar-refractivity contribution < 1.29 is 4.79 Å². The van der Waals surface area contributed by atoms with Crippen LogP contribution >= 0.6 is 23.4 Å². The van der Waals surface area contributed by atoms with Gasteiger partial charge < -0.3 is 14.8 Å². The molecule has 2 rings (SSSR count). The van der Waals surface area contributed by atoms with E-state index in [4.69, 9.17) is 11.6 Å². The average Bonchev–Trinajstić information content (AvgIpc) is 2.96. The second kappa shape index (κ2) is 6.76. The molecule has 1 aromatic heterocycles. The zero-order valence-electron chi connectivity index (χ0n) is 12.2. The fourth-order valence-corrected chi connectivity index (χ4v) is 3.68. The number of nitrogens with one attached hydrogen (secondary N) is 1. The molecule has 0 bridgehead atoms. The molecule has 0 aromatic carbocycles. The molecule has 1 aliphatic carbocycles. The lowest BCUT2D eigenvalue weighted by Gasteiger charge is -2.21. The van der Waals surface area contributed by atoms with Crippen LogP contribution in [-0.2, 0) is 13.6 Å². The minimum atomic E-state index is -0.00549. The molecule has 0 radical (unpaired) electrons. The monoisotopic (exact) mass is 315 g/mol. The summed E-state index contributed by atoms with van der Waals surface area (Å²) in [6, 6.07) is 2.21. The summed E-state index contributed by atoms with van der Waals surface area (Å²) in [4.78, 5) is 13.9. The van der Waals surface area contributed by atoms with E-state index in [0.29, 0.717) is 22.9 Å². The van der Waals surface area contributed by atoms with Gasteiger partial charge in [0.1, 0.15) is 0 Å². The number of carbonyl (C=O) groups excluding carboxylic acids is 1. The standard InChI is InChI=1S/C14H22ClN3OS/c1-17-8-10(15)6-12(17)9-18(2)14(19)16-11-4-5-13(7-11)20-3/h6,8,11,13H,4-5,7,9H2,1-3H3,(H,16,19)/t11-,13-/m1/s1. The summed E-state index contributed by atoms with van der Waals surface area (Å²) < 4.78 is 1.95. The maximum absolute atomic E-state index is 12.2. The number of rotatable bonds is 4. The molecular weight excluding hydrogens is 294 g/mol. The number of urea groups is 1. The fraction of sp³-hybridized carbons (Fsp3) is 0.643. The number of halogens is 1. The fourth-order valence-electron chi connectivity index (χ4n) is 2.61. The second-order valence-corrected chi connectivity index (χ2v) is 7.01. The molecule has 0 spiro atoms. The summed E-state index contributed by atoms with van der Waals surface area (Å²) in [7, 11) is 3.75. The van der Waals surface area contributed by atoms with Crippen LogP contribution in [0, 0.1) is 0 Å². The Kier molecular flexibility index (Phi) is 5.27. The largest absolute Gasteiger partial charge is 0.351 e.